The van der Waals surface area contributed by atoms with Crippen LogP contribution in [0.5, 0.6) is 0 Å². The summed E-state index contributed by atoms with van der Waals surface area (Å²) in [4.78, 5) is 23.9. The number of nitrogens with zero attached hydrogens (tertiary/aromatic N) is 1. The van der Waals surface area contributed by atoms with Gasteiger partial charge >= 0.3 is 12.0 Å². The van der Waals surface area contributed by atoms with Crippen molar-refractivity contribution in [1.29, 1.82) is 0 Å². The van der Waals surface area contributed by atoms with Gasteiger partial charge in [0, 0.05) is 20.1 Å². The van der Waals surface area contributed by atoms with E-state index in [2.05, 4.69) is 5.32 Å². The summed E-state index contributed by atoms with van der Waals surface area (Å²) in [5, 5.41) is 11.5. The number of carboxylic acid groups (broad SMARTS) is 1. The van der Waals surface area contributed by atoms with Crippen LogP contribution in [0.2, 0.25) is 0 Å². The van der Waals surface area contributed by atoms with Gasteiger partial charge in [0.25, 0.3) is 0 Å². The van der Waals surface area contributed by atoms with E-state index in [1.165, 1.54) is 11.9 Å². The minimum absolute atomic E-state index is 0.128. The second-order valence-corrected chi connectivity index (χ2v) is 5.32. The van der Waals surface area contributed by atoms with Gasteiger partial charge < -0.3 is 15.3 Å². The number of hydrogen-bond donors (Lipinski definition) is 2. The summed E-state index contributed by atoms with van der Waals surface area (Å²) in [6, 6.07) is 3.01. The number of amides is 2. The van der Waals surface area contributed by atoms with Crippen molar-refractivity contribution >= 4 is 12.0 Å². The average Bonchev–Trinajstić information content (AvgIpc) is 2.41. The van der Waals surface area contributed by atoms with Crippen LogP contribution < -0.4 is 5.32 Å². The predicted molar refractivity (Wildman–Crippen MR) is 77.5 cm³/mol. The Balaban J connectivity index is 2.59. The number of rotatable bonds is 5. The summed E-state index contributed by atoms with van der Waals surface area (Å²) in [6.07, 6.45) is 0. The van der Waals surface area contributed by atoms with Crippen LogP contribution in [0.25, 0.3) is 0 Å². The molecule has 1 unspecified atom stereocenters. The van der Waals surface area contributed by atoms with E-state index >= 15 is 0 Å². The molecule has 1 aromatic carbocycles. The topological polar surface area (TPSA) is 69.6 Å². The van der Waals surface area contributed by atoms with Crippen LogP contribution in [0.3, 0.4) is 0 Å². The zero-order valence-corrected chi connectivity index (χ0v) is 12.7. The zero-order chi connectivity index (χ0) is 16.2. The second kappa shape index (κ2) is 7.06. The maximum Gasteiger partial charge on any atom is 0.317 e. The SMILES string of the molecule is Cc1cc(CNC(=O)N(C)CC(C)C(=O)O)cc(C)c1F. The van der Waals surface area contributed by atoms with Crippen molar-refractivity contribution in [2.75, 3.05) is 13.6 Å². The van der Waals surface area contributed by atoms with Gasteiger partial charge in [0.05, 0.1) is 5.92 Å². The van der Waals surface area contributed by atoms with Gasteiger partial charge in [0.15, 0.2) is 0 Å². The number of carbonyl (C=O) groups excluding carboxylic acids is 1. The van der Waals surface area contributed by atoms with Crippen molar-refractivity contribution < 1.29 is 19.1 Å². The second-order valence-electron chi connectivity index (χ2n) is 5.32. The van der Waals surface area contributed by atoms with Gasteiger partial charge in [-0.3, -0.25) is 4.79 Å². The predicted octanol–water partition coefficient (Wildman–Crippen LogP) is 2.30. The molecule has 1 aromatic rings. The molecule has 2 N–H and O–H groups in total. The van der Waals surface area contributed by atoms with E-state index in [0.29, 0.717) is 11.1 Å². The molecule has 0 aliphatic carbocycles. The van der Waals surface area contributed by atoms with Crippen molar-refractivity contribution in [3.05, 3.63) is 34.6 Å². The van der Waals surface area contributed by atoms with Gasteiger partial charge in [-0.15, -0.1) is 0 Å². The lowest BCUT2D eigenvalue weighted by molar-refractivity contribution is -0.141. The van der Waals surface area contributed by atoms with Gasteiger partial charge in [-0.2, -0.15) is 0 Å². The first-order valence-corrected chi connectivity index (χ1v) is 6.69. The van der Waals surface area contributed by atoms with E-state index in [1.54, 1.807) is 32.9 Å². The highest BCUT2D eigenvalue weighted by Crippen LogP contribution is 2.14. The lowest BCUT2D eigenvalue weighted by Crippen LogP contribution is -2.40. The summed E-state index contributed by atoms with van der Waals surface area (Å²) in [5.41, 5.74) is 1.87. The van der Waals surface area contributed by atoms with Crippen LogP contribution >= 0.6 is 0 Å². The smallest absolute Gasteiger partial charge is 0.317 e. The van der Waals surface area contributed by atoms with Crippen LogP contribution in [-0.2, 0) is 11.3 Å². The molecule has 1 atom stereocenters. The highest BCUT2D eigenvalue weighted by atomic mass is 19.1. The minimum Gasteiger partial charge on any atom is -0.481 e. The fourth-order valence-corrected chi connectivity index (χ4v) is 2.02. The number of carbonyl (C=O) groups is 2. The monoisotopic (exact) mass is 296 g/mol. The summed E-state index contributed by atoms with van der Waals surface area (Å²) in [7, 11) is 1.54. The Hall–Kier alpha value is -2.11. The molecule has 2 amide bonds. The standard InChI is InChI=1S/C15H21FN2O3/c1-9-5-12(6-10(2)13(9)16)7-17-15(21)18(4)8-11(3)14(19)20/h5-6,11H,7-8H2,1-4H3,(H,17,21)(H,19,20). The van der Waals surface area contributed by atoms with Crippen molar-refractivity contribution in [2.24, 2.45) is 5.92 Å². The highest BCUT2D eigenvalue weighted by Gasteiger charge is 2.17. The fourth-order valence-electron chi connectivity index (χ4n) is 2.02. The summed E-state index contributed by atoms with van der Waals surface area (Å²) < 4.78 is 13.5. The molecule has 0 spiro atoms. The molecule has 5 nitrogen and oxygen atoms in total. The Morgan fingerprint density at radius 1 is 1.33 bits per heavy atom. The number of hydrogen-bond acceptors (Lipinski definition) is 2. The van der Waals surface area contributed by atoms with Crippen molar-refractivity contribution in [2.45, 2.75) is 27.3 Å². The Bertz CT molecular complexity index is 523. The molecule has 0 aliphatic heterocycles. The molecule has 6 heteroatoms. The van der Waals surface area contributed by atoms with Gasteiger partial charge in [-0.25, -0.2) is 9.18 Å². The van der Waals surface area contributed by atoms with Crippen LogP contribution in [0, 0.1) is 25.6 Å². The summed E-state index contributed by atoms with van der Waals surface area (Å²) in [6.45, 7) is 5.29. The lowest BCUT2D eigenvalue weighted by Gasteiger charge is -2.20. The van der Waals surface area contributed by atoms with Gasteiger partial charge in [-0.1, -0.05) is 19.1 Å². The van der Waals surface area contributed by atoms with Crippen LogP contribution in [0.4, 0.5) is 9.18 Å². The lowest BCUT2D eigenvalue weighted by atomic mass is 10.1. The maximum atomic E-state index is 13.5. The van der Waals surface area contributed by atoms with Crippen molar-refractivity contribution in [3.63, 3.8) is 0 Å². The fraction of sp³-hybridized carbons (Fsp3) is 0.467. The molecule has 0 aliphatic rings. The van der Waals surface area contributed by atoms with E-state index in [9.17, 15) is 14.0 Å². The average molecular weight is 296 g/mol. The number of aliphatic carboxylic acids is 1. The molecule has 0 saturated carbocycles. The van der Waals surface area contributed by atoms with Crippen molar-refractivity contribution in [3.8, 4) is 0 Å². The molecule has 0 radical (unpaired) electrons. The molecule has 0 saturated heterocycles. The number of nitrogens with one attached hydrogen (secondary N) is 1. The normalized spacial score (nSPS) is 11.9. The number of aryl methyl sites for hydroxylation is 2. The number of benzene rings is 1. The third-order valence-electron chi connectivity index (χ3n) is 3.26. The summed E-state index contributed by atoms with van der Waals surface area (Å²) >= 11 is 0. The highest BCUT2D eigenvalue weighted by molar-refractivity contribution is 5.75. The molecule has 0 fully saturated rings. The quantitative estimate of drug-likeness (QED) is 0.876. The van der Waals surface area contributed by atoms with E-state index in [0.717, 1.165) is 5.56 Å². The van der Waals surface area contributed by atoms with Crippen LogP contribution in [-0.4, -0.2) is 35.6 Å². The Labute approximate surface area is 123 Å². The van der Waals surface area contributed by atoms with Gasteiger partial charge in [0.2, 0.25) is 0 Å². The largest absolute Gasteiger partial charge is 0.481 e. The van der Waals surface area contributed by atoms with Gasteiger partial charge in [-0.05, 0) is 30.5 Å². The molecule has 0 aromatic heterocycles. The number of urea groups is 1. The molecular formula is C15H21FN2O3. The summed E-state index contributed by atoms with van der Waals surface area (Å²) in [5.74, 6) is -1.81. The molecule has 116 valence electrons. The van der Waals surface area contributed by atoms with E-state index in [1.807, 2.05) is 0 Å². The Morgan fingerprint density at radius 2 is 1.86 bits per heavy atom. The third kappa shape index (κ3) is 4.73. The van der Waals surface area contributed by atoms with Crippen molar-refractivity contribution in [1.82, 2.24) is 10.2 Å². The minimum atomic E-state index is -0.945. The number of carboxylic acids is 1. The zero-order valence-electron chi connectivity index (χ0n) is 12.7. The van der Waals surface area contributed by atoms with Crippen LogP contribution in [0.15, 0.2) is 12.1 Å². The van der Waals surface area contributed by atoms with Crippen LogP contribution in [0.1, 0.15) is 23.6 Å². The first-order chi connectivity index (χ1) is 9.72. The Morgan fingerprint density at radius 3 is 2.33 bits per heavy atom. The van der Waals surface area contributed by atoms with E-state index in [4.69, 9.17) is 5.11 Å². The number of halogens is 1. The third-order valence-corrected chi connectivity index (χ3v) is 3.26. The molecular weight excluding hydrogens is 275 g/mol. The van der Waals surface area contributed by atoms with E-state index < -0.39 is 11.9 Å². The molecule has 0 heterocycles. The molecule has 21 heavy (non-hydrogen) atoms. The first kappa shape index (κ1) is 16.9. The van der Waals surface area contributed by atoms with Gasteiger partial charge in [0.1, 0.15) is 5.82 Å². The molecule has 1 rings (SSSR count). The first-order valence-electron chi connectivity index (χ1n) is 6.69. The maximum absolute atomic E-state index is 13.5. The Kier molecular flexibility index (Phi) is 5.69. The molecule has 0 bridgehead atoms. The van der Waals surface area contributed by atoms with E-state index in [-0.39, 0.29) is 24.9 Å².